The maximum atomic E-state index is 14.3. The van der Waals surface area contributed by atoms with Crippen LogP contribution in [-0.4, -0.2) is 44.2 Å². The van der Waals surface area contributed by atoms with E-state index in [4.69, 9.17) is 10.5 Å². The minimum Gasteiger partial charge on any atom is -0.497 e. The van der Waals surface area contributed by atoms with Crippen molar-refractivity contribution in [2.75, 3.05) is 33.4 Å². The van der Waals surface area contributed by atoms with E-state index >= 15 is 0 Å². The number of likely N-dealkylation sites (tertiary alicyclic amines) is 1. The zero-order valence-corrected chi connectivity index (χ0v) is 12.3. The van der Waals surface area contributed by atoms with Crippen molar-refractivity contribution in [2.45, 2.75) is 12.3 Å². The first-order valence-corrected chi connectivity index (χ1v) is 7.08. The second-order valence-corrected chi connectivity index (χ2v) is 5.40. The first-order valence-electron chi connectivity index (χ1n) is 7.08. The molecule has 2 atom stereocenters. The van der Waals surface area contributed by atoms with Gasteiger partial charge in [0.05, 0.1) is 7.11 Å². The Balaban J connectivity index is 2.38. The van der Waals surface area contributed by atoms with E-state index in [1.165, 1.54) is 7.11 Å². The molecule has 1 amide bonds. The predicted molar refractivity (Wildman–Crippen MR) is 75.4 cm³/mol. The van der Waals surface area contributed by atoms with Gasteiger partial charge in [-0.15, -0.1) is 0 Å². The Kier molecular flexibility index (Phi) is 5.28. The van der Waals surface area contributed by atoms with Crippen molar-refractivity contribution in [3.63, 3.8) is 0 Å². The SMILES string of the molecule is COc1cc(F)c([C@@H]2CN(CCF)CCC2C(N)=O)c(F)c1. The molecule has 1 aromatic rings. The van der Waals surface area contributed by atoms with Crippen molar-refractivity contribution >= 4 is 5.91 Å². The number of alkyl halides is 1. The fraction of sp³-hybridized carbons (Fsp3) is 0.533. The van der Waals surface area contributed by atoms with Gasteiger partial charge in [0.1, 0.15) is 24.1 Å². The molecule has 1 heterocycles. The van der Waals surface area contributed by atoms with Crippen molar-refractivity contribution in [1.29, 1.82) is 0 Å². The highest BCUT2D eigenvalue weighted by atomic mass is 19.1. The molecule has 122 valence electrons. The third-order valence-corrected chi connectivity index (χ3v) is 4.12. The molecule has 1 fully saturated rings. The zero-order valence-electron chi connectivity index (χ0n) is 12.3. The molecule has 7 heteroatoms. The lowest BCUT2D eigenvalue weighted by atomic mass is 9.79. The number of ether oxygens (including phenoxy) is 1. The Morgan fingerprint density at radius 1 is 1.41 bits per heavy atom. The second kappa shape index (κ2) is 7.00. The number of amides is 1. The molecule has 22 heavy (non-hydrogen) atoms. The number of carbonyl (C=O) groups is 1. The van der Waals surface area contributed by atoms with Gasteiger partial charge in [-0.2, -0.15) is 0 Å². The first-order chi connectivity index (χ1) is 10.5. The Bertz CT molecular complexity index is 531. The van der Waals surface area contributed by atoms with Gasteiger partial charge in [0.25, 0.3) is 0 Å². The third-order valence-electron chi connectivity index (χ3n) is 4.12. The van der Waals surface area contributed by atoms with Gasteiger partial charge in [-0.3, -0.25) is 4.79 Å². The molecular weight excluding hydrogens is 297 g/mol. The summed E-state index contributed by atoms with van der Waals surface area (Å²) >= 11 is 0. The van der Waals surface area contributed by atoms with Gasteiger partial charge in [0.2, 0.25) is 5.91 Å². The van der Waals surface area contributed by atoms with Gasteiger partial charge < -0.3 is 15.4 Å². The van der Waals surface area contributed by atoms with E-state index in [-0.39, 0.29) is 24.4 Å². The van der Waals surface area contributed by atoms with Gasteiger partial charge in [-0.05, 0) is 13.0 Å². The minimum absolute atomic E-state index is 0.0609. The molecule has 0 aromatic heterocycles. The number of nitrogens with two attached hydrogens (primary N) is 1. The number of hydrogen-bond donors (Lipinski definition) is 1. The highest BCUT2D eigenvalue weighted by molar-refractivity contribution is 5.78. The molecule has 0 aliphatic carbocycles. The predicted octanol–water partition coefficient (Wildman–Crippen LogP) is 1.83. The summed E-state index contributed by atoms with van der Waals surface area (Å²) in [5, 5.41) is 0. The molecular formula is C15H19F3N2O2. The number of nitrogens with zero attached hydrogens (tertiary/aromatic N) is 1. The summed E-state index contributed by atoms with van der Waals surface area (Å²) in [5.41, 5.74) is 5.18. The van der Waals surface area contributed by atoms with E-state index in [0.717, 1.165) is 12.1 Å². The van der Waals surface area contributed by atoms with E-state index in [1.807, 2.05) is 0 Å². The smallest absolute Gasteiger partial charge is 0.221 e. The lowest BCUT2D eigenvalue weighted by molar-refractivity contribution is -0.124. The maximum Gasteiger partial charge on any atom is 0.221 e. The Morgan fingerprint density at radius 2 is 2.05 bits per heavy atom. The quantitative estimate of drug-likeness (QED) is 0.902. The third kappa shape index (κ3) is 3.35. The largest absolute Gasteiger partial charge is 0.497 e. The van der Waals surface area contributed by atoms with Crippen LogP contribution in [0.2, 0.25) is 0 Å². The summed E-state index contributed by atoms with van der Waals surface area (Å²) in [4.78, 5) is 13.4. The van der Waals surface area contributed by atoms with Crippen LogP contribution in [0.1, 0.15) is 17.9 Å². The Morgan fingerprint density at radius 3 is 2.55 bits per heavy atom. The summed E-state index contributed by atoms with van der Waals surface area (Å²) in [6.07, 6.45) is 0.352. The minimum atomic E-state index is -0.782. The van der Waals surface area contributed by atoms with Crippen molar-refractivity contribution in [3.05, 3.63) is 29.3 Å². The summed E-state index contributed by atoms with van der Waals surface area (Å²) in [6.45, 7) is 0.286. The number of rotatable bonds is 5. The van der Waals surface area contributed by atoms with Crippen LogP contribution in [0.3, 0.4) is 0 Å². The number of halogens is 3. The second-order valence-electron chi connectivity index (χ2n) is 5.40. The standard InChI is InChI=1S/C15H19F3N2O2/c1-22-9-6-12(17)14(13(18)7-9)11-8-20(5-3-16)4-2-10(11)15(19)21/h6-7,10-11H,2-5,8H2,1H3,(H2,19,21)/t10?,11-/m1/s1. The molecule has 2 rings (SSSR count). The zero-order chi connectivity index (χ0) is 16.3. The van der Waals surface area contributed by atoms with Crippen LogP contribution >= 0.6 is 0 Å². The van der Waals surface area contributed by atoms with Crippen molar-refractivity contribution in [1.82, 2.24) is 4.90 Å². The van der Waals surface area contributed by atoms with Crippen LogP contribution in [0.15, 0.2) is 12.1 Å². The molecule has 1 aromatic carbocycles. The number of primary amides is 1. The lowest BCUT2D eigenvalue weighted by Crippen LogP contribution is -2.45. The molecule has 0 bridgehead atoms. The molecule has 4 nitrogen and oxygen atoms in total. The molecule has 1 aliphatic rings. The average molecular weight is 316 g/mol. The van der Waals surface area contributed by atoms with E-state index in [1.54, 1.807) is 4.90 Å². The monoisotopic (exact) mass is 316 g/mol. The van der Waals surface area contributed by atoms with Gasteiger partial charge in [-0.1, -0.05) is 0 Å². The molecule has 1 aliphatic heterocycles. The lowest BCUT2D eigenvalue weighted by Gasteiger charge is -2.37. The van der Waals surface area contributed by atoms with Crippen LogP contribution in [0.4, 0.5) is 13.2 Å². The topological polar surface area (TPSA) is 55.6 Å². The number of piperidine rings is 1. The number of methoxy groups -OCH3 is 1. The molecule has 1 unspecified atom stereocenters. The van der Waals surface area contributed by atoms with E-state index in [2.05, 4.69) is 0 Å². The molecule has 0 saturated carbocycles. The fourth-order valence-corrected chi connectivity index (χ4v) is 3.01. The molecule has 0 radical (unpaired) electrons. The number of hydrogen-bond acceptors (Lipinski definition) is 3. The van der Waals surface area contributed by atoms with Crippen molar-refractivity contribution < 1.29 is 22.7 Å². The Labute approximate surface area is 127 Å². The fourth-order valence-electron chi connectivity index (χ4n) is 3.01. The first kappa shape index (κ1) is 16.6. The van der Waals surface area contributed by atoms with Gasteiger partial charge in [0.15, 0.2) is 0 Å². The highest BCUT2D eigenvalue weighted by Gasteiger charge is 2.37. The average Bonchev–Trinajstić information content (AvgIpc) is 2.46. The number of carbonyl (C=O) groups excluding carboxylic acids is 1. The van der Waals surface area contributed by atoms with Gasteiger partial charge in [-0.25, -0.2) is 13.2 Å². The molecule has 0 spiro atoms. The van der Waals surface area contributed by atoms with E-state index in [9.17, 15) is 18.0 Å². The number of benzene rings is 1. The summed E-state index contributed by atoms with van der Waals surface area (Å²) in [5.74, 6) is -3.51. The molecule has 2 N–H and O–H groups in total. The van der Waals surface area contributed by atoms with Gasteiger partial charge >= 0.3 is 0 Å². The van der Waals surface area contributed by atoms with Crippen molar-refractivity contribution in [3.8, 4) is 5.75 Å². The van der Waals surface area contributed by atoms with Crippen LogP contribution in [0.25, 0.3) is 0 Å². The summed E-state index contributed by atoms with van der Waals surface area (Å²) < 4.78 is 45.9. The van der Waals surface area contributed by atoms with Crippen LogP contribution in [0, 0.1) is 17.6 Å². The van der Waals surface area contributed by atoms with E-state index in [0.29, 0.717) is 13.0 Å². The van der Waals surface area contributed by atoms with Crippen LogP contribution < -0.4 is 10.5 Å². The summed E-state index contributed by atoms with van der Waals surface area (Å²) in [7, 11) is 1.31. The summed E-state index contributed by atoms with van der Waals surface area (Å²) in [6, 6.07) is 2.15. The normalized spacial score (nSPS) is 22.5. The van der Waals surface area contributed by atoms with Crippen LogP contribution in [0.5, 0.6) is 5.75 Å². The molecule has 1 saturated heterocycles. The van der Waals surface area contributed by atoms with Gasteiger partial charge in [0, 0.05) is 42.6 Å². The Hall–Kier alpha value is -1.76. The van der Waals surface area contributed by atoms with E-state index < -0.39 is 36.1 Å². The maximum absolute atomic E-state index is 14.3. The highest BCUT2D eigenvalue weighted by Crippen LogP contribution is 2.36. The van der Waals surface area contributed by atoms with Crippen molar-refractivity contribution in [2.24, 2.45) is 11.7 Å². The van der Waals surface area contributed by atoms with Crippen LogP contribution in [-0.2, 0) is 4.79 Å².